The van der Waals surface area contributed by atoms with Crippen LogP contribution in [0.2, 0.25) is 0 Å². The van der Waals surface area contributed by atoms with Gasteiger partial charge in [-0.2, -0.15) is 0 Å². The minimum atomic E-state index is -3.50. The average molecular weight is 378 g/mol. The Hall–Kier alpha value is -1.83. The third kappa shape index (κ3) is 4.87. The molecule has 1 atom stereocenters. The summed E-state index contributed by atoms with van der Waals surface area (Å²) in [5.41, 5.74) is 0. The Bertz CT molecular complexity index is 814. The Morgan fingerprint density at radius 2 is 2.00 bits per heavy atom. The van der Waals surface area contributed by atoms with Crippen molar-refractivity contribution < 1.29 is 17.6 Å². The third-order valence-electron chi connectivity index (χ3n) is 4.71. The number of rotatable bonds is 7. The first kappa shape index (κ1) is 18.9. The van der Waals surface area contributed by atoms with Crippen molar-refractivity contribution in [1.29, 1.82) is 0 Å². The van der Waals surface area contributed by atoms with Crippen molar-refractivity contribution >= 4 is 10.0 Å². The minimum absolute atomic E-state index is 0.261. The molecule has 1 saturated heterocycles. The van der Waals surface area contributed by atoms with Crippen molar-refractivity contribution in [2.45, 2.75) is 31.2 Å². The van der Waals surface area contributed by atoms with E-state index in [-0.39, 0.29) is 4.90 Å². The molecule has 1 fully saturated rings. The second-order valence-corrected chi connectivity index (χ2v) is 8.55. The highest BCUT2D eigenvalue weighted by atomic mass is 32.2. The van der Waals surface area contributed by atoms with Crippen LogP contribution in [-0.4, -0.2) is 40.1 Å². The van der Waals surface area contributed by atoms with Crippen LogP contribution >= 0.6 is 0 Å². The van der Waals surface area contributed by atoms with Gasteiger partial charge in [0, 0.05) is 13.1 Å². The molecule has 3 rings (SSSR count). The molecule has 0 spiro atoms. The van der Waals surface area contributed by atoms with Crippen LogP contribution in [0.25, 0.3) is 0 Å². The number of aryl methyl sites for hydroxylation is 1. The first-order valence-electron chi connectivity index (χ1n) is 8.87. The molecule has 1 N–H and O–H groups in total. The molecule has 26 heavy (non-hydrogen) atoms. The Morgan fingerprint density at radius 1 is 1.23 bits per heavy atom. The molecule has 0 bridgehead atoms. The zero-order valence-electron chi connectivity index (χ0n) is 15.3. The normalized spacial score (nSPS) is 18.8. The van der Waals surface area contributed by atoms with Gasteiger partial charge in [0.25, 0.3) is 0 Å². The molecule has 0 aliphatic carbocycles. The second-order valence-electron chi connectivity index (χ2n) is 6.78. The summed E-state index contributed by atoms with van der Waals surface area (Å²) in [4.78, 5) is 2.59. The summed E-state index contributed by atoms with van der Waals surface area (Å²) >= 11 is 0. The predicted molar refractivity (Wildman–Crippen MR) is 99.6 cm³/mol. The van der Waals surface area contributed by atoms with E-state index >= 15 is 0 Å². The van der Waals surface area contributed by atoms with E-state index in [0.717, 1.165) is 44.0 Å². The maximum atomic E-state index is 12.5. The molecule has 0 radical (unpaired) electrons. The number of piperidine rings is 1. The van der Waals surface area contributed by atoms with Crippen molar-refractivity contribution in [2.75, 3.05) is 26.7 Å². The lowest BCUT2D eigenvalue weighted by atomic mass is 9.98. The topological polar surface area (TPSA) is 71.8 Å². The van der Waals surface area contributed by atoms with E-state index in [2.05, 4.69) is 9.62 Å². The number of hydrogen-bond donors (Lipinski definition) is 1. The van der Waals surface area contributed by atoms with Gasteiger partial charge >= 0.3 is 0 Å². The van der Waals surface area contributed by atoms with Gasteiger partial charge in [-0.25, -0.2) is 13.1 Å². The minimum Gasteiger partial charge on any atom is -0.497 e. The Morgan fingerprint density at radius 3 is 2.65 bits per heavy atom. The molecule has 142 valence electrons. The summed E-state index contributed by atoms with van der Waals surface area (Å²) in [5, 5.41) is 0. The largest absolute Gasteiger partial charge is 0.497 e. The van der Waals surface area contributed by atoms with E-state index < -0.39 is 10.0 Å². The molecule has 6 nitrogen and oxygen atoms in total. The van der Waals surface area contributed by atoms with Crippen LogP contribution in [0, 0.1) is 12.8 Å². The summed E-state index contributed by atoms with van der Waals surface area (Å²) < 4.78 is 38.4. The quantitative estimate of drug-likeness (QED) is 0.802. The molecule has 2 heterocycles. The zero-order valence-corrected chi connectivity index (χ0v) is 16.1. The molecule has 0 saturated carbocycles. The number of methoxy groups -OCH3 is 1. The summed E-state index contributed by atoms with van der Waals surface area (Å²) in [6.45, 7) is 5.04. The second kappa shape index (κ2) is 8.24. The fourth-order valence-corrected chi connectivity index (χ4v) is 4.43. The van der Waals surface area contributed by atoms with Crippen molar-refractivity contribution in [2.24, 2.45) is 5.92 Å². The summed E-state index contributed by atoms with van der Waals surface area (Å²) in [6.07, 6.45) is 2.09. The average Bonchev–Trinajstić information content (AvgIpc) is 3.05. The van der Waals surface area contributed by atoms with E-state index in [1.54, 1.807) is 31.4 Å². The molecule has 7 heteroatoms. The fourth-order valence-electron chi connectivity index (χ4n) is 3.32. The van der Waals surface area contributed by atoms with Crippen LogP contribution < -0.4 is 9.46 Å². The number of hydrogen-bond acceptors (Lipinski definition) is 5. The van der Waals surface area contributed by atoms with Gasteiger partial charge < -0.3 is 9.15 Å². The SMILES string of the molecule is COc1ccc(S(=O)(=O)NC[C@@H]2CCCN(Cc3ccc(C)o3)C2)cc1. The Kier molecular flexibility index (Phi) is 6.01. The summed E-state index contributed by atoms with van der Waals surface area (Å²) in [6, 6.07) is 10.4. The molecule has 1 aliphatic heterocycles. The Balaban J connectivity index is 1.54. The molecule has 1 aromatic heterocycles. The van der Waals surface area contributed by atoms with Crippen LogP contribution in [0.5, 0.6) is 5.75 Å². The van der Waals surface area contributed by atoms with Gasteiger partial charge in [-0.1, -0.05) is 0 Å². The number of sulfonamides is 1. The molecule has 2 aromatic rings. The number of likely N-dealkylation sites (tertiary alicyclic amines) is 1. The zero-order chi connectivity index (χ0) is 18.6. The molecular formula is C19H26N2O4S. The van der Waals surface area contributed by atoms with Gasteiger partial charge in [0.1, 0.15) is 17.3 Å². The first-order chi connectivity index (χ1) is 12.5. The highest BCUT2D eigenvalue weighted by molar-refractivity contribution is 7.89. The molecule has 0 amide bonds. The smallest absolute Gasteiger partial charge is 0.240 e. The number of benzene rings is 1. The van der Waals surface area contributed by atoms with Crippen LogP contribution in [0.4, 0.5) is 0 Å². The number of nitrogens with one attached hydrogen (secondary N) is 1. The highest BCUT2D eigenvalue weighted by Gasteiger charge is 2.23. The van der Waals surface area contributed by atoms with Crippen LogP contribution in [0.15, 0.2) is 45.7 Å². The summed E-state index contributed by atoms with van der Waals surface area (Å²) in [5.74, 6) is 2.82. The maximum absolute atomic E-state index is 12.5. The van der Waals surface area contributed by atoms with E-state index in [1.165, 1.54) is 0 Å². The number of nitrogens with zero attached hydrogens (tertiary/aromatic N) is 1. The van der Waals surface area contributed by atoms with Crippen molar-refractivity contribution in [1.82, 2.24) is 9.62 Å². The van der Waals surface area contributed by atoms with Crippen molar-refractivity contribution in [3.8, 4) is 5.75 Å². The fraction of sp³-hybridized carbons (Fsp3) is 0.474. The van der Waals surface area contributed by atoms with E-state index in [4.69, 9.17) is 9.15 Å². The predicted octanol–water partition coefficient (Wildman–Crippen LogP) is 2.79. The third-order valence-corrected chi connectivity index (χ3v) is 6.15. The highest BCUT2D eigenvalue weighted by Crippen LogP contribution is 2.20. The molecule has 0 unspecified atom stereocenters. The lowest BCUT2D eigenvalue weighted by molar-refractivity contribution is 0.158. The van der Waals surface area contributed by atoms with Crippen LogP contribution in [-0.2, 0) is 16.6 Å². The molecule has 1 aromatic carbocycles. The van der Waals surface area contributed by atoms with Crippen molar-refractivity contribution in [3.63, 3.8) is 0 Å². The van der Waals surface area contributed by atoms with Crippen molar-refractivity contribution in [3.05, 3.63) is 47.9 Å². The van der Waals surface area contributed by atoms with Crippen LogP contribution in [0.1, 0.15) is 24.4 Å². The maximum Gasteiger partial charge on any atom is 0.240 e. The summed E-state index contributed by atoms with van der Waals surface area (Å²) in [7, 11) is -1.94. The first-order valence-corrected chi connectivity index (χ1v) is 10.4. The van der Waals surface area contributed by atoms with E-state index in [0.29, 0.717) is 18.2 Å². The molecule has 1 aliphatic rings. The Labute approximate surface area is 155 Å². The standard InChI is InChI=1S/C19H26N2O4S/c1-15-5-6-18(25-15)14-21-11-3-4-16(13-21)12-20-26(22,23)19-9-7-17(24-2)8-10-19/h5-10,16,20H,3-4,11-14H2,1-2H3/t16-/m0/s1. The van der Waals surface area contributed by atoms with Gasteiger partial charge in [0.2, 0.25) is 10.0 Å². The lowest BCUT2D eigenvalue weighted by Crippen LogP contribution is -2.40. The lowest BCUT2D eigenvalue weighted by Gasteiger charge is -2.32. The van der Waals surface area contributed by atoms with Gasteiger partial charge in [-0.3, -0.25) is 4.90 Å². The van der Waals surface area contributed by atoms with Gasteiger partial charge in [0.15, 0.2) is 0 Å². The van der Waals surface area contributed by atoms with Crippen LogP contribution in [0.3, 0.4) is 0 Å². The van der Waals surface area contributed by atoms with E-state index in [9.17, 15) is 8.42 Å². The number of ether oxygens (including phenoxy) is 1. The van der Waals surface area contributed by atoms with Gasteiger partial charge in [0.05, 0.1) is 18.6 Å². The van der Waals surface area contributed by atoms with Gasteiger partial charge in [-0.05, 0) is 68.6 Å². The van der Waals surface area contributed by atoms with Gasteiger partial charge in [-0.15, -0.1) is 0 Å². The number of furan rings is 1. The monoisotopic (exact) mass is 378 g/mol. The van der Waals surface area contributed by atoms with E-state index in [1.807, 2.05) is 19.1 Å². The molecular weight excluding hydrogens is 352 g/mol.